The van der Waals surface area contributed by atoms with Gasteiger partial charge in [-0.2, -0.15) is 0 Å². The van der Waals surface area contributed by atoms with Crippen molar-refractivity contribution in [3.8, 4) is 5.75 Å². The number of methoxy groups -OCH3 is 1. The van der Waals surface area contributed by atoms with E-state index in [1.165, 1.54) is 0 Å². The van der Waals surface area contributed by atoms with Crippen molar-refractivity contribution in [2.75, 3.05) is 20.2 Å². The Morgan fingerprint density at radius 2 is 1.97 bits per heavy atom. The number of hydrogen-bond donors (Lipinski definition) is 0. The standard InChI is InChI=1S/C26H25N3O3/c1-31-21-11-8-18(9-12-21)15-22-16-27-25(32-22)20-6-4-14-29(17-20)26(30)24-13-10-19-5-2-3-7-23(19)28-24/h2-3,5,7-13,16,20H,4,6,14-15,17H2,1H3. The predicted molar refractivity (Wildman–Crippen MR) is 122 cm³/mol. The van der Waals surface area contributed by atoms with E-state index in [9.17, 15) is 4.79 Å². The third-order valence-electron chi connectivity index (χ3n) is 5.98. The minimum atomic E-state index is -0.0366. The Labute approximate surface area is 186 Å². The first kappa shape index (κ1) is 20.2. The lowest BCUT2D eigenvalue weighted by molar-refractivity contribution is 0.0692. The number of fused-ring (bicyclic) bond motifs is 1. The molecule has 1 aliphatic rings. The Bertz CT molecular complexity index is 1230. The number of nitrogens with zero attached hydrogens (tertiary/aromatic N) is 3. The second-order valence-corrected chi connectivity index (χ2v) is 8.17. The Morgan fingerprint density at radius 3 is 2.81 bits per heavy atom. The van der Waals surface area contributed by atoms with Gasteiger partial charge >= 0.3 is 0 Å². The number of likely N-dealkylation sites (tertiary alicyclic amines) is 1. The van der Waals surface area contributed by atoms with Crippen LogP contribution >= 0.6 is 0 Å². The van der Waals surface area contributed by atoms with Gasteiger partial charge in [0.05, 0.1) is 24.7 Å². The number of amides is 1. The van der Waals surface area contributed by atoms with E-state index in [2.05, 4.69) is 9.97 Å². The van der Waals surface area contributed by atoms with Crippen LogP contribution in [-0.2, 0) is 6.42 Å². The molecule has 5 rings (SSSR count). The first-order chi connectivity index (χ1) is 15.7. The molecule has 1 unspecified atom stereocenters. The number of pyridine rings is 1. The van der Waals surface area contributed by atoms with Crippen LogP contribution in [0.25, 0.3) is 10.9 Å². The van der Waals surface area contributed by atoms with Crippen LogP contribution in [0.5, 0.6) is 5.75 Å². The van der Waals surface area contributed by atoms with Crippen LogP contribution in [0, 0.1) is 0 Å². The van der Waals surface area contributed by atoms with E-state index < -0.39 is 0 Å². The summed E-state index contributed by atoms with van der Waals surface area (Å²) in [5, 5.41) is 1.03. The number of para-hydroxylation sites is 1. The Hall–Kier alpha value is -3.67. The minimum absolute atomic E-state index is 0.0366. The molecule has 32 heavy (non-hydrogen) atoms. The first-order valence-electron chi connectivity index (χ1n) is 10.9. The summed E-state index contributed by atoms with van der Waals surface area (Å²) in [6, 6.07) is 19.5. The van der Waals surface area contributed by atoms with Crippen molar-refractivity contribution in [2.24, 2.45) is 0 Å². The van der Waals surface area contributed by atoms with Crippen molar-refractivity contribution in [1.29, 1.82) is 0 Å². The van der Waals surface area contributed by atoms with Crippen LogP contribution < -0.4 is 4.74 Å². The molecular weight excluding hydrogens is 402 g/mol. The Morgan fingerprint density at radius 1 is 1.12 bits per heavy atom. The summed E-state index contributed by atoms with van der Waals surface area (Å²) in [7, 11) is 1.66. The molecule has 1 amide bonds. The summed E-state index contributed by atoms with van der Waals surface area (Å²) >= 11 is 0. The molecular formula is C26H25N3O3. The number of oxazole rings is 1. The zero-order valence-corrected chi connectivity index (χ0v) is 18.0. The molecule has 2 aromatic heterocycles. The van der Waals surface area contributed by atoms with Crippen LogP contribution in [0.15, 0.2) is 71.3 Å². The molecule has 3 heterocycles. The normalized spacial score (nSPS) is 16.3. The molecule has 0 N–H and O–H groups in total. The SMILES string of the molecule is COc1ccc(Cc2cnc(C3CCCN(C(=O)c4ccc5ccccc5n4)C3)o2)cc1. The fraction of sp³-hybridized carbons (Fsp3) is 0.269. The van der Waals surface area contributed by atoms with E-state index in [-0.39, 0.29) is 11.8 Å². The van der Waals surface area contributed by atoms with Crippen LogP contribution in [0.4, 0.5) is 0 Å². The number of ether oxygens (including phenoxy) is 1. The monoisotopic (exact) mass is 427 g/mol. The average Bonchev–Trinajstić information content (AvgIpc) is 3.32. The lowest BCUT2D eigenvalue weighted by Crippen LogP contribution is -2.39. The van der Waals surface area contributed by atoms with Gasteiger partial charge in [-0.25, -0.2) is 9.97 Å². The second kappa shape index (κ2) is 8.83. The lowest BCUT2D eigenvalue weighted by Gasteiger charge is -2.31. The fourth-order valence-electron chi connectivity index (χ4n) is 4.25. The van der Waals surface area contributed by atoms with Gasteiger partial charge in [0.1, 0.15) is 17.2 Å². The molecule has 1 atom stereocenters. The highest BCUT2D eigenvalue weighted by atomic mass is 16.5. The van der Waals surface area contributed by atoms with Crippen molar-refractivity contribution in [3.05, 3.63) is 89.8 Å². The van der Waals surface area contributed by atoms with Crippen LogP contribution in [-0.4, -0.2) is 41.0 Å². The number of hydrogen-bond acceptors (Lipinski definition) is 5. The number of rotatable bonds is 5. The van der Waals surface area contributed by atoms with Gasteiger partial charge in [0.15, 0.2) is 5.89 Å². The van der Waals surface area contributed by atoms with Gasteiger partial charge in [-0.1, -0.05) is 36.4 Å². The number of carbonyl (C=O) groups is 1. The topological polar surface area (TPSA) is 68.5 Å². The van der Waals surface area contributed by atoms with Gasteiger partial charge in [-0.15, -0.1) is 0 Å². The second-order valence-electron chi connectivity index (χ2n) is 8.17. The highest BCUT2D eigenvalue weighted by Crippen LogP contribution is 2.28. The van der Waals surface area contributed by atoms with Gasteiger partial charge in [-0.05, 0) is 42.7 Å². The first-order valence-corrected chi connectivity index (χ1v) is 10.9. The minimum Gasteiger partial charge on any atom is -0.497 e. The maximum Gasteiger partial charge on any atom is 0.272 e. The van der Waals surface area contributed by atoms with Gasteiger partial charge < -0.3 is 14.1 Å². The number of piperidine rings is 1. The van der Waals surface area contributed by atoms with Crippen molar-refractivity contribution >= 4 is 16.8 Å². The Kier molecular flexibility index (Phi) is 5.58. The van der Waals surface area contributed by atoms with E-state index in [1.807, 2.05) is 65.6 Å². The summed E-state index contributed by atoms with van der Waals surface area (Å²) in [6.45, 7) is 1.32. The molecule has 6 nitrogen and oxygen atoms in total. The van der Waals surface area contributed by atoms with Gasteiger partial charge in [0.25, 0.3) is 5.91 Å². The molecule has 6 heteroatoms. The average molecular weight is 428 g/mol. The molecule has 162 valence electrons. The van der Waals surface area contributed by atoms with Crippen LogP contribution in [0.3, 0.4) is 0 Å². The Balaban J connectivity index is 1.27. The summed E-state index contributed by atoms with van der Waals surface area (Å²) in [4.78, 5) is 24.1. The third kappa shape index (κ3) is 4.21. The molecule has 1 aliphatic heterocycles. The van der Waals surface area contributed by atoms with Gasteiger partial charge in [0.2, 0.25) is 0 Å². The molecule has 1 saturated heterocycles. The summed E-state index contributed by atoms with van der Waals surface area (Å²) in [6.07, 6.45) is 4.34. The molecule has 0 aliphatic carbocycles. The van der Waals surface area contributed by atoms with Crippen molar-refractivity contribution in [1.82, 2.24) is 14.9 Å². The zero-order chi connectivity index (χ0) is 21.9. The van der Waals surface area contributed by atoms with E-state index in [4.69, 9.17) is 9.15 Å². The molecule has 2 aromatic carbocycles. The largest absolute Gasteiger partial charge is 0.497 e. The highest BCUT2D eigenvalue weighted by molar-refractivity contribution is 5.95. The summed E-state index contributed by atoms with van der Waals surface area (Å²) in [5.74, 6) is 2.42. The summed E-state index contributed by atoms with van der Waals surface area (Å²) < 4.78 is 11.3. The molecule has 0 saturated carbocycles. The quantitative estimate of drug-likeness (QED) is 0.456. The van der Waals surface area contributed by atoms with E-state index in [0.29, 0.717) is 24.6 Å². The van der Waals surface area contributed by atoms with Crippen molar-refractivity contribution in [3.63, 3.8) is 0 Å². The number of carbonyl (C=O) groups excluding carboxylic acids is 1. The molecule has 0 spiro atoms. The summed E-state index contributed by atoms with van der Waals surface area (Å²) in [5.41, 5.74) is 2.45. The van der Waals surface area contributed by atoms with Crippen molar-refractivity contribution < 1.29 is 13.9 Å². The number of aromatic nitrogens is 2. The molecule has 4 aromatic rings. The van der Waals surface area contributed by atoms with Gasteiger partial charge in [-0.3, -0.25) is 4.79 Å². The molecule has 0 bridgehead atoms. The van der Waals surface area contributed by atoms with Crippen molar-refractivity contribution in [2.45, 2.75) is 25.2 Å². The number of benzene rings is 2. The highest BCUT2D eigenvalue weighted by Gasteiger charge is 2.29. The molecule has 0 radical (unpaired) electrons. The zero-order valence-electron chi connectivity index (χ0n) is 18.0. The fourth-order valence-corrected chi connectivity index (χ4v) is 4.25. The van der Waals surface area contributed by atoms with Crippen LogP contribution in [0.1, 0.15) is 46.5 Å². The molecule has 1 fully saturated rings. The third-order valence-corrected chi connectivity index (χ3v) is 5.98. The maximum atomic E-state index is 13.1. The van der Waals surface area contributed by atoms with Gasteiger partial charge in [0, 0.05) is 24.9 Å². The maximum absolute atomic E-state index is 13.1. The smallest absolute Gasteiger partial charge is 0.272 e. The van der Waals surface area contributed by atoms with E-state index in [1.54, 1.807) is 13.3 Å². The van der Waals surface area contributed by atoms with E-state index >= 15 is 0 Å². The predicted octanol–water partition coefficient (Wildman–Crippen LogP) is 4.84. The lowest BCUT2D eigenvalue weighted by atomic mass is 9.97. The van der Waals surface area contributed by atoms with E-state index in [0.717, 1.165) is 47.4 Å². The van der Waals surface area contributed by atoms with Crippen LogP contribution in [0.2, 0.25) is 0 Å².